The maximum atomic E-state index is 12.8. The van der Waals surface area contributed by atoms with Gasteiger partial charge < -0.3 is 9.42 Å². The van der Waals surface area contributed by atoms with Gasteiger partial charge in [-0.2, -0.15) is 11.8 Å². The summed E-state index contributed by atoms with van der Waals surface area (Å²) in [5.41, 5.74) is 2.49. The van der Waals surface area contributed by atoms with Crippen molar-refractivity contribution in [2.75, 3.05) is 18.8 Å². The molecule has 1 atom stereocenters. The van der Waals surface area contributed by atoms with Gasteiger partial charge >= 0.3 is 0 Å². The van der Waals surface area contributed by atoms with Gasteiger partial charge in [-0.15, -0.1) is 0 Å². The summed E-state index contributed by atoms with van der Waals surface area (Å²) in [4.78, 5) is 18.8. The van der Waals surface area contributed by atoms with Crippen LogP contribution in [0.2, 0.25) is 0 Å². The fraction of sp³-hybridized carbons (Fsp3) is 0.250. The fourth-order valence-corrected chi connectivity index (χ4v) is 4.32. The SMILES string of the molecule is O=C(c1cc(-c2cccnc2)on1)N1CCSC(c2ccccc2)CC1. The molecule has 2 aromatic heterocycles. The van der Waals surface area contributed by atoms with Crippen molar-refractivity contribution in [1.29, 1.82) is 0 Å². The minimum absolute atomic E-state index is 0.0711. The van der Waals surface area contributed by atoms with Crippen LogP contribution in [0, 0.1) is 0 Å². The lowest BCUT2D eigenvalue weighted by molar-refractivity contribution is 0.0756. The molecule has 1 unspecified atom stereocenters. The summed E-state index contributed by atoms with van der Waals surface area (Å²) in [5.74, 6) is 1.41. The van der Waals surface area contributed by atoms with Crippen molar-refractivity contribution in [2.24, 2.45) is 0 Å². The Morgan fingerprint density at radius 3 is 2.85 bits per heavy atom. The molecule has 1 saturated heterocycles. The predicted octanol–water partition coefficient (Wildman–Crippen LogP) is 4.06. The first kappa shape index (κ1) is 16.8. The van der Waals surface area contributed by atoms with Gasteiger partial charge in [-0.25, -0.2) is 0 Å². The van der Waals surface area contributed by atoms with Crippen LogP contribution in [-0.2, 0) is 0 Å². The summed E-state index contributed by atoms with van der Waals surface area (Å²) >= 11 is 1.91. The lowest BCUT2D eigenvalue weighted by atomic mass is 10.1. The monoisotopic (exact) mass is 365 g/mol. The molecule has 0 aliphatic carbocycles. The molecule has 0 spiro atoms. The predicted molar refractivity (Wildman–Crippen MR) is 102 cm³/mol. The highest BCUT2D eigenvalue weighted by atomic mass is 32.2. The Bertz CT molecular complexity index is 867. The zero-order valence-corrected chi connectivity index (χ0v) is 15.1. The van der Waals surface area contributed by atoms with E-state index in [1.165, 1.54) is 5.56 Å². The molecule has 132 valence electrons. The van der Waals surface area contributed by atoms with Gasteiger partial charge in [-0.05, 0) is 24.1 Å². The second-order valence-electron chi connectivity index (χ2n) is 6.17. The van der Waals surface area contributed by atoms with Gasteiger partial charge in [0.05, 0.1) is 0 Å². The van der Waals surface area contributed by atoms with Crippen LogP contribution in [0.5, 0.6) is 0 Å². The van der Waals surface area contributed by atoms with E-state index in [-0.39, 0.29) is 5.91 Å². The molecule has 0 saturated carbocycles. The number of pyridine rings is 1. The molecule has 0 N–H and O–H groups in total. The molecule has 4 rings (SSSR count). The maximum absolute atomic E-state index is 12.8. The van der Waals surface area contributed by atoms with Gasteiger partial charge in [0.25, 0.3) is 5.91 Å². The smallest absolute Gasteiger partial charge is 0.276 e. The molecular formula is C20H19N3O2S. The third kappa shape index (κ3) is 3.65. The Hall–Kier alpha value is -2.60. The highest BCUT2D eigenvalue weighted by molar-refractivity contribution is 7.99. The normalized spacial score (nSPS) is 17.7. The third-order valence-corrected chi connectivity index (χ3v) is 5.80. The number of aromatic nitrogens is 2. The summed E-state index contributed by atoms with van der Waals surface area (Å²) in [5, 5.41) is 4.40. The van der Waals surface area contributed by atoms with Crippen molar-refractivity contribution >= 4 is 17.7 Å². The first-order valence-corrected chi connectivity index (χ1v) is 9.69. The Morgan fingerprint density at radius 2 is 2.04 bits per heavy atom. The van der Waals surface area contributed by atoms with Crippen LogP contribution < -0.4 is 0 Å². The van der Waals surface area contributed by atoms with E-state index in [9.17, 15) is 4.79 Å². The topological polar surface area (TPSA) is 59.2 Å². The quantitative estimate of drug-likeness (QED) is 0.701. The second kappa shape index (κ2) is 7.74. The molecule has 3 aromatic rings. The molecule has 1 aromatic carbocycles. The van der Waals surface area contributed by atoms with E-state index >= 15 is 0 Å². The third-order valence-electron chi connectivity index (χ3n) is 4.48. The van der Waals surface area contributed by atoms with E-state index in [4.69, 9.17) is 4.52 Å². The molecule has 0 bridgehead atoms. The highest BCUT2D eigenvalue weighted by Crippen LogP contribution is 2.34. The van der Waals surface area contributed by atoms with E-state index in [0.29, 0.717) is 16.7 Å². The summed E-state index contributed by atoms with van der Waals surface area (Å²) in [6.45, 7) is 1.45. The van der Waals surface area contributed by atoms with Crippen LogP contribution in [0.3, 0.4) is 0 Å². The molecule has 1 fully saturated rings. The summed E-state index contributed by atoms with van der Waals surface area (Å²) in [7, 11) is 0. The van der Waals surface area contributed by atoms with Crippen LogP contribution in [0.4, 0.5) is 0 Å². The van der Waals surface area contributed by atoms with E-state index in [1.54, 1.807) is 18.5 Å². The lowest BCUT2D eigenvalue weighted by Gasteiger charge is -2.18. The molecule has 1 amide bonds. The van der Waals surface area contributed by atoms with Crippen LogP contribution in [0.1, 0.15) is 27.7 Å². The van der Waals surface area contributed by atoms with Gasteiger partial charge in [-0.1, -0.05) is 35.5 Å². The summed E-state index contributed by atoms with van der Waals surface area (Å²) < 4.78 is 5.34. The minimum Gasteiger partial charge on any atom is -0.355 e. The van der Waals surface area contributed by atoms with Crippen LogP contribution in [0.25, 0.3) is 11.3 Å². The van der Waals surface area contributed by atoms with Crippen molar-refractivity contribution in [2.45, 2.75) is 11.7 Å². The van der Waals surface area contributed by atoms with Gasteiger partial charge in [0.1, 0.15) is 0 Å². The van der Waals surface area contributed by atoms with Crippen LogP contribution in [-0.4, -0.2) is 39.8 Å². The number of thioether (sulfide) groups is 1. The highest BCUT2D eigenvalue weighted by Gasteiger charge is 2.25. The molecule has 3 heterocycles. The first-order chi connectivity index (χ1) is 12.8. The average molecular weight is 365 g/mol. The van der Waals surface area contributed by atoms with E-state index < -0.39 is 0 Å². The Labute approximate surface area is 156 Å². The van der Waals surface area contributed by atoms with Crippen LogP contribution >= 0.6 is 11.8 Å². The van der Waals surface area contributed by atoms with Gasteiger partial charge in [0, 0.05) is 48.1 Å². The zero-order chi connectivity index (χ0) is 17.8. The molecule has 5 nitrogen and oxygen atoms in total. The first-order valence-electron chi connectivity index (χ1n) is 8.64. The van der Waals surface area contributed by atoms with Crippen molar-refractivity contribution in [3.05, 3.63) is 72.2 Å². The fourth-order valence-electron chi connectivity index (χ4n) is 3.09. The van der Waals surface area contributed by atoms with Crippen LogP contribution in [0.15, 0.2) is 65.4 Å². The van der Waals surface area contributed by atoms with Crippen molar-refractivity contribution < 1.29 is 9.32 Å². The molecular weight excluding hydrogens is 346 g/mol. The Kier molecular flexibility index (Phi) is 5.02. The minimum atomic E-state index is -0.0711. The van der Waals surface area contributed by atoms with Crippen molar-refractivity contribution in [1.82, 2.24) is 15.0 Å². The largest absolute Gasteiger partial charge is 0.355 e. The maximum Gasteiger partial charge on any atom is 0.276 e. The number of hydrogen-bond acceptors (Lipinski definition) is 5. The Morgan fingerprint density at radius 1 is 1.15 bits per heavy atom. The van der Waals surface area contributed by atoms with Gasteiger partial charge in [0.15, 0.2) is 11.5 Å². The molecule has 1 aliphatic rings. The Balaban J connectivity index is 1.45. The van der Waals surface area contributed by atoms with Gasteiger partial charge in [-0.3, -0.25) is 9.78 Å². The number of nitrogens with zero attached hydrogens (tertiary/aromatic N) is 3. The summed E-state index contributed by atoms with van der Waals surface area (Å²) in [6.07, 6.45) is 4.33. The van der Waals surface area contributed by atoms with E-state index in [1.807, 2.05) is 34.9 Å². The molecule has 6 heteroatoms. The summed E-state index contributed by atoms with van der Waals surface area (Å²) in [6, 6.07) is 15.9. The second-order valence-corrected chi connectivity index (χ2v) is 7.48. The number of hydrogen-bond donors (Lipinski definition) is 0. The lowest BCUT2D eigenvalue weighted by Crippen LogP contribution is -2.33. The van der Waals surface area contributed by atoms with E-state index in [2.05, 4.69) is 34.4 Å². The number of carbonyl (C=O) groups is 1. The number of rotatable bonds is 3. The van der Waals surface area contributed by atoms with Crippen molar-refractivity contribution in [3.63, 3.8) is 0 Å². The number of carbonyl (C=O) groups excluding carboxylic acids is 1. The standard InChI is InChI=1S/C20H19N3O2S/c24-20(17-13-18(25-22-17)16-7-4-9-21-14-16)23-10-8-19(26-12-11-23)15-5-2-1-3-6-15/h1-7,9,13-14,19H,8,10-12H2. The molecule has 26 heavy (non-hydrogen) atoms. The average Bonchev–Trinajstić information content (AvgIpc) is 3.07. The zero-order valence-electron chi connectivity index (χ0n) is 14.2. The molecule has 1 aliphatic heterocycles. The number of amides is 1. The van der Waals surface area contributed by atoms with E-state index in [0.717, 1.165) is 30.8 Å². The van der Waals surface area contributed by atoms with Crippen molar-refractivity contribution in [3.8, 4) is 11.3 Å². The molecule has 0 radical (unpaired) electrons. The number of benzene rings is 1. The van der Waals surface area contributed by atoms with Gasteiger partial charge in [0.2, 0.25) is 0 Å².